The lowest BCUT2D eigenvalue weighted by molar-refractivity contribution is 0.102. The molecule has 0 heterocycles. The fourth-order valence-corrected chi connectivity index (χ4v) is 1.77. The highest BCUT2D eigenvalue weighted by Crippen LogP contribution is 2.23. The highest BCUT2D eigenvalue weighted by atomic mass is 35.5. The number of phenolic OH excluding ortho intramolecular Hbond substituents is 1. The number of amides is 1. The van der Waals surface area contributed by atoms with Crippen molar-refractivity contribution in [2.24, 2.45) is 0 Å². The van der Waals surface area contributed by atoms with Gasteiger partial charge in [0.25, 0.3) is 5.91 Å². The Morgan fingerprint density at radius 3 is 2.67 bits per heavy atom. The third-order valence-corrected chi connectivity index (χ3v) is 2.85. The molecule has 4 heteroatoms. The van der Waals surface area contributed by atoms with Crippen molar-refractivity contribution in [2.75, 3.05) is 5.32 Å². The lowest BCUT2D eigenvalue weighted by Crippen LogP contribution is -2.12. The van der Waals surface area contributed by atoms with Gasteiger partial charge in [-0.2, -0.15) is 0 Å². The van der Waals surface area contributed by atoms with E-state index in [0.29, 0.717) is 10.7 Å². The Morgan fingerprint density at radius 2 is 1.94 bits per heavy atom. The summed E-state index contributed by atoms with van der Waals surface area (Å²) < 4.78 is 0. The Hall–Kier alpha value is -2.00. The molecule has 0 aliphatic rings. The van der Waals surface area contributed by atoms with Crippen molar-refractivity contribution in [3.63, 3.8) is 0 Å². The summed E-state index contributed by atoms with van der Waals surface area (Å²) in [5, 5.41) is 12.8. The minimum atomic E-state index is -0.385. The van der Waals surface area contributed by atoms with E-state index in [1.165, 1.54) is 6.07 Å². The Morgan fingerprint density at radius 1 is 1.22 bits per heavy atom. The van der Waals surface area contributed by atoms with E-state index in [0.717, 1.165) is 5.56 Å². The van der Waals surface area contributed by atoms with Crippen molar-refractivity contribution in [1.29, 1.82) is 0 Å². The van der Waals surface area contributed by atoms with Crippen molar-refractivity contribution >= 4 is 23.2 Å². The number of carbonyl (C=O) groups excluding carboxylic acids is 1. The van der Waals surface area contributed by atoms with E-state index in [1.807, 2.05) is 6.92 Å². The first-order chi connectivity index (χ1) is 8.58. The van der Waals surface area contributed by atoms with Gasteiger partial charge in [0.1, 0.15) is 5.75 Å². The number of halogens is 1. The largest absolute Gasteiger partial charge is 0.507 e. The number of rotatable bonds is 2. The molecular weight excluding hydrogens is 250 g/mol. The van der Waals surface area contributed by atoms with Crippen LogP contribution in [0.4, 0.5) is 5.69 Å². The van der Waals surface area contributed by atoms with E-state index in [9.17, 15) is 9.90 Å². The lowest BCUT2D eigenvalue weighted by atomic mass is 10.1. The average molecular weight is 262 g/mol. The molecule has 0 atom stereocenters. The molecule has 0 spiro atoms. The molecule has 2 aromatic carbocycles. The second-order valence-electron chi connectivity index (χ2n) is 3.95. The van der Waals surface area contributed by atoms with Crippen LogP contribution in [0.25, 0.3) is 0 Å². The molecule has 0 aromatic heterocycles. The molecule has 2 rings (SSSR count). The zero-order valence-electron chi connectivity index (χ0n) is 9.77. The Balaban J connectivity index is 2.28. The normalized spacial score (nSPS) is 10.1. The van der Waals surface area contributed by atoms with Crippen LogP contribution >= 0.6 is 11.6 Å². The molecule has 0 aliphatic carbocycles. The molecule has 0 bridgehead atoms. The molecule has 2 N–H and O–H groups in total. The number of hydrogen-bond donors (Lipinski definition) is 2. The number of carbonyl (C=O) groups is 1. The number of aromatic hydroxyl groups is 1. The molecule has 0 saturated heterocycles. The molecule has 0 saturated carbocycles. The van der Waals surface area contributed by atoms with Crippen LogP contribution in [0, 0.1) is 6.92 Å². The van der Waals surface area contributed by atoms with Crippen LogP contribution in [-0.4, -0.2) is 11.0 Å². The molecule has 18 heavy (non-hydrogen) atoms. The van der Waals surface area contributed by atoms with E-state index >= 15 is 0 Å². The Kier molecular flexibility index (Phi) is 3.53. The first kappa shape index (κ1) is 12.5. The van der Waals surface area contributed by atoms with Crippen LogP contribution in [0.3, 0.4) is 0 Å². The fraction of sp³-hybridized carbons (Fsp3) is 0.0714. The average Bonchev–Trinajstić information content (AvgIpc) is 2.35. The minimum absolute atomic E-state index is 0.0508. The van der Waals surface area contributed by atoms with Gasteiger partial charge in [-0.3, -0.25) is 4.79 Å². The predicted octanol–water partition coefficient (Wildman–Crippen LogP) is 3.61. The van der Waals surface area contributed by atoms with Gasteiger partial charge in [-0.15, -0.1) is 0 Å². The number of hydrogen-bond acceptors (Lipinski definition) is 2. The fourth-order valence-electron chi connectivity index (χ4n) is 1.58. The summed E-state index contributed by atoms with van der Waals surface area (Å²) in [6, 6.07) is 11.8. The molecule has 92 valence electrons. The van der Waals surface area contributed by atoms with Gasteiger partial charge in [0.05, 0.1) is 16.3 Å². The number of nitrogens with one attached hydrogen (secondary N) is 1. The van der Waals surface area contributed by atoms with Gasteiger partial charge in [0.15, 0.2) is 0 Å². The van der Waals surface area contributed by atoms with Gasteiger partial charge in [-0.25, -0.2) is 0 Å². The van der Waals surface area contributed by atoms with Crippen LogP contribution in [-0.2, 0) is 0 Å². The number of benzene rings is 2. The molecule has 0 unspecified atom stereocenters. The monoisotopic (exact) mass is 261 g/mol. The minimum Gasteiger partial charge on any atom is -0.507 e. The third-order valence-electron chi connectivity index (χ3n) is 2.52. The summed E-state index contributed by atoms with van der Waals surface area (Å²) in [5.74, 6) is -0.436. The highest BCUT2D eigenvalue weighted by molar-refractivity contribution is 6.33. The van der Waals surface area contributed by atoms with Gasteiger partial charge in [-0.05, 0) is 31.2 Å². The summed E-state index contributed by atoms with van der Waals surface area (Å²) in [4.78, 5) is 12.0. The van der Waals surface area contributed by atoms with E-state index < -0.39 is 0 Å². The van der Waals surface area contributed by atoms with Crippen LogP contribution in [0.15, 0.2) is 42.5 Å². The maximum absolute atomic E-state index is 12.0. The van der Waals surface area contributed by atoms with Crippen LogP contribution < -0.4 is 5.32 Å². The molecule has 0 aliphatic heterocycles. The van der Waals surface area contributed by atoms with Gasteiger partial charge in [0.2, 0.25) is 0 Å². The maximum Gasteiger partial charge on any atom is 0.259 e. The SMILES string of the molecule is Cc1ccc(O)c(C(=O)Nc2ccccc2Cl)c1. The van der Waals surface area contributed by atoms with E-state index in [-0.39, 0.29) is 17.2 Å². The molecular formula is C14H12ClNO2. The molecule has 0 fully saturated rings. The van der Waals surface area contributed by atoms with Crippen molar-refractivity contribution in [3.05, 3.63) is 58.6 Å². The van der Waals surface area contributed by atoms with Crippen molar-refractivity contribution in [1.82, 2.24) is 0 Å². The molecule has 0 radical (unpaired) electrons. The predicted molar refractivity (Wildman–Crippen MR) is 72.2 cm³/mol. The quantitative estimate of drug-likeness (QED) is 0.868. The zero-order valence-corrected chi connectivity index (χ0v) is 10.5. The van der Waals surface area contributed by atoms with E-state index in [4.69, 9.17) is 11.6 Å². The van der Waals surface area contributed by atoms with Gasteiger partial charge in [-0.1, -0.05) is 35.4 Å². The standard InChI is InChI=1S/C14H12ClNO2/c1-9-6-7-13(17)10(8-9)14(18)16-12-5-3-2-4-11(12)15/h2-8,17H,1H3,(H,16,18). The van der Waals surface area contributed by atoms with Crippen LogP contribution in [0.5, 0.6) is 5.75 Å². The number of anilines is 1. The first-order valence-electron chi connectivity index (χ1n) is 5.43. The van der Waals surface area contributed by atoms with Crippen molar-refractivity contribution < 1.29 is 9.90 Å². The van der Waals surface area contributed by atoms with E-state index in [2.05, 4.69) is 5.32 Å². The first-order valence-corrected chi connectivity index (χ1v) is 5.81. The van der Waals surface area contributed by atoms with Crippen LogP contribution in [0.1, 0.15) is 15.9 Å². The van der Waals surface area contributed by atoms with Crippen LogP contribution in [0.2, 0.25) is 5.02 Å². The summed E-state index contributed by atoms with van der Waals surface area (Å²) >= 11 is 5.95. The summed E-state index contributed by atoms with van der Waals surface area (Å²) in [7, 11) is 0. The Labute approximate surface area is 110 Å². The lowest BCUT2D eigenvalue weighted by Gasteiger charge is -2.08. The number of para-hydroxylation sites is 1. The number of aryl methyl sites for hydroxylation is 1. The molecule has 3 nitrogen and oxygen atoms in total. The van der Waals surface area contributed by atoms with Gasteiger partial charge < -0.3 is 10.4 Å². The molecule has 1 amide bonds. The topological polar surface area (TPSA) is 49.3 Å². The Bertz CT molecular complexity index is 596. The van der Waals surface area contributed by atoms with Crippen molar-refractivity contribution in [2.45, 2.75) is 6.92 Å². The second kappa shape index (κ2) is 5.10. The third kappa shape index (κ3) is 2.63. The smallest absolute Gasteiger partial charge is 0.259 e. The number of phenols is 1. The van der Waals surface area contributed by atoms with Crippen molar-refractivity contribution in [3.8, 4) is 5.75 Å². The van der Waals surface area contributed by atoms with E-state index in [1.54, 1.807) is 36.4 Å². The highest BCUT2D eigenvalue weighted by Gasteiger charge is 2.12. The summed E-state index contributed by atoms with van der Waals surface area (Å²) in [5.41, 5.74) is 1.65. The summed E-state index contributed by atoms with van der Waals surface area (Å²) in [6.45, 7) is 1.85. The zero-order chi connectivity index (χ0) is 13.1. The maximum atomic E-state index is 12.0. The molecule has 2 aromatic rings. The van der Waals surface area contributed by atoms with Gasteiger partial charge in [0, 0.05) is 0 Å². The summed E-state index contributed by atoms with van der Waals surface area (Å²) in [6.07, 6.45) is 0. The second-order valence-corrected chi connectivity index (χ2v) is 4.36. The van der Waals surface area contributed by atoms with Gasteiger partial charge >= 0.3 is 0 Å².